The summed E-state index contributed by atoms with van der Waals surface area (Å²) >= 11 is 0. The highest BCUT2D eigenvalue weighted by molar-refractivity contribution is 5.76. The summed E-state index contributed by atoms with van der Waals surface area (Å²) in [6.45, 7) is 3.42. The van der Waals surface area contributed by atoms with Crippen LogP contribution in [0, 0.1) is 12.3 Å². The highest BCUT2D eigenvalue weighted by Crippen LogP contribution is 1.97. The van der Waals surface area contributed by atoms with E-state index in [0.717, 1.165) is 12.8 Å². The molecule has 4 heteroatoms. The summed E-state index contributed by atoms with van der Waals surface area (Å²) in [4.78, 5) is 10.6. The predicted molar refractivity (Wildman–Crippen MR) is 51.8 cm³/mol. The molecule has 1 atom stereocenters. The molecule has 0 aromatic rings. The van der Waals surface area contributed by atoms with Crippen LogP contribution in [0.5, 0.6) is 0 Å². The van der Waals surface area contributed by atoms with Gasteiger partial charge in [0.1, 0.15) is 0 Å². The first kappa shape index (κ1) is 12.4. The van der Waals surface area contributed by atoms with Gasteiger partial charge in [-0.3, -0.25) is 4.79 Å². The van der Waals surface area contributed by atoms with Crippen LogP contribution in [-0.2, 0) is 9.53 Å². The van der Waals surface area contributed by atoms with E-state index in [1.165, 1.54) is 0 Å². The normalized spacial score (nSPS) is 12.8. The zero-order chi connectivity index (χ0) is 10.1. The van der Waals surface area contributed by atoms with Crippen molar-refractivity contribution in [3.8, 4) is 0 Å². The molecule has 0 saturated heterocycles. The molecular formula is C9H19N2O2. The van der Waals surface area contributed by atoms with E-state index in [0.29, 0.717) is 19.8 Å². The van der Waals surface area contributed by atoms with Crippen LogP contribution in [-0.4, -0.2) is 25.7 Å². The van der Waals surface area contributed by atoms with Crippen LogP contribution in [0.2, 0.25) is 0 Å². The standard InChI is InChI=1S/C9H19N2O2/c1-8(9(11)12)7-13-6-4-2-3-5-10/h4,8H,2-3,5-7,10H2,1H3,(H2,11,12). The van der Waals surface area contributed by atoms with E-state index in [-0.39, 0.29) is 11.8 Å². The van der Waals surface area contributed by atoms with E-state index in [1.54, 1.807) is 6.92 Å². The number of ether oxygens (including phenoxy) is 1. The lowest BCUT2D eigenvalue weighted by Crippen LogP contribution is -2.24. The van der Waals surface area contributed by atoms with Gasteiger partial charge in [0.15, 0.2) is 0 Å². The van der Waals surface area contributed by atoms with Gasteiger partial charge in [-0.1, -0.05) is 6.92 Å². The van der Waals surface area contributed by atoms with Gasteiger partial charge < -0.3 is 16.2 Å². The van der Waals surface area contributed by atoms with E-state index < -0.39 is 0 Å². The minimum Gasteiger partial charge on any atom is -0.380 e. The van der Waals surface area contributed by atoms with Crippen LogP contribution in [0.4, 0.5) is 0 Å². The van der Waals surface area contributed by atoms with Gasteiger partial charge in [-0.25, -0.2) is 0 Å². The van der Waals surface area contributed by atoms with Crippen molar-refractivity contribution in [2.45, 2.75) is 19.8 Å². The maximum absolute atomic E-state index is 10.6. The van der Waals surface area contributed by atoms with E-state index in [9.17, 15) is 4.79 Å². The van der Waals surface area contributed by atoms with Gasteiger partial charge in [-0.15, -0.1) is 0 Å². The molecule has 0 aliphatic heterocycles. The summed E-state index contributed by atoms with van der Waals surface area (Å²) in [5.41, 5.74) is 10.4. The van der Waals surface area contributed by atoms with Crippen LogP contribution < -0.4 is 11.5 Å². The highest BCUT2D eigenvalue weighted by Gasteiger charge is 2.07. The molecule has 1 unspecified atom stereocenters. The van der Waals surface area contributed by atoms with Gasteiger partial charge in [-0.2, -0.15) is 0 Å². The van der Waals surface area contributed by atoms with Crippen molar-refractivity contribution >= 4 is 5.91 Å². The minimum absolute atomic E-state index is 0.206. The molecule has 1 radical (unpaired) electrons. The summed E-state index contributed by atoms with van der Waals surface area (Å²) in [6.07, 6.45) is 3.96. The molecule has 0 fully saturated rings. The predicted octanol–water partition coefficient (Wildman–Crippen LogP) is 0.0676. The molecule has 0 aromatic carbocycles. The molecule has 0 bridgehead atoms. The molecule has 0 heterocycles. The first-order chi connectivity index (χ1) is 6.18. The van der Waals surface area contributed by atoms with Crippen molar-refractivity contribution in [1.82, 2.24) is 0 Å². The van der Waals surface area contributed by atoms with Crippen LogP contribution in [0.15, 0.2) is 0 Å². The van der Waals surface area contributed by atoms with Gasteiger partial charge in [0.2, 0.25) is 5.91 Å². The fraction of sp³-hybridized carbons (Fsp3) is 0.778. The lowest BCUT2D eigenvalue weighted by atomic mass is 10.2. The Bertz CT molecular complexity index is 140. The fourth-order valence-electron chi connectivity index (χ4n) is 0.756. The van der Waals surface area contributed by atoms with Crippen LogP contribution >= 0.6 is 0 Å². The summed E-state index contributed by atoms with van der Waals surface area (Å²) in [6, 6.07) is 0. The van der Waals surface area contributed by atoms with Gasteiger partial charge in [-0.05, 0) is 25.8 Å². The third-order valence-electron chi connectivity index (χ3n) is 1.70. The number of amides is 1. The number of rotatable bonds is 8. The van der Waals surface area contributed by atoms with E-state index in [1.807, 2.05) is 6.42 Å². The number of unbranched alkanes of at least 4 members (excludes halogenated alkanes) is 2. The lowest BCUT2D eigenvalue weighted by Gasteiger charge is -2.07. The van der Waals surface area contributed by atoms with Gasteiger partial charge in [0, 0.05) is 6.61 Å². The number of nitrogens with two attached hydrogens (primary N) is 2. The Kier molecular flexibility index (Phi) is 7.63. The smallest absolute Gasteiger partial charge is 0.222 e. The number of hydrogen-bond donors (Lipinski definition) is 2. The zero-order valence-corrected chi connectivity index (χ0v) is 8.16. The molecule has 0 aliphatic rings. The summed E-state index contributed by atoms with van der Waals surface area (Å²) in [7, 11) is 0. The quantitative estimate of drug-likeness (QED) is 0.528. The van der Waals surface area contributed by atoms with E-state index >= 15 is 0 Å². The molecule has 0 rings (SSSR count). The van der Waals surface area contributed by atoms with Crippen molar-refractivity contribution in [3.63, 3.8) is 0 Å². The molecule has 77 valence electrons. The van der Waals surface area contributed by atoms with Crippen LogP contribution in [0.3, 0.4) is 0 Å². The van der Waals surface area contributed by atoms with Crippen LogP contribution in [0.25, 0.3) is 0 Å². The second-order valence-electron chi connectivity index (χ2n) is 3.06. The Morgan fingerprint density at radius 2 is 2.31 bits per heavy atom. The maximum atomic E-state index is 10.6. The van der Waals surface area contributed by atoms with Crippen LogP contribution in [0.1, 0.15) is 19.8 Å². The number of carbonyl (C=O) groups excluding carboxylic acids is 1. The molecule has 1 amide bonds. The summed E-state index contributed by atoms with van der Waals surface area (Å²) in [5, 5.41) is 0. The van der Waals surface area contributed by atoms with Crippen molar-refractivity contribution in [3.05, 3.63) is 6.42 Å². The Morgan fingerprint density at radius 3 is 2.85 bits per heavy atom. The van der Waals surface area contributed by atoms with E-state index in [2.05, 4.69) is 0 Å². The second-order valence-corrected chi connectivity index (χ2v) is 3.06. The van der Waals surface area contributed by atoms with Crippen molar-refractivity contribution in [2.24, 2.45) is 17.4 Å². The largest absolute Gasteiger partial charge is 0.380 e. The van der Waals surface area contributed by atoms with Gasteiger partial charge in [0.05, 0.1) is 12.5 Å². The monoisotopic (exact) mass is 187 g/mol. The zero-order valence-electron chi connectivity index (χ0n) is 8.16. The van der Waals surface area contributed by atoms with E-state index in [4.69, 9.17) is 16.2 Å². The average Bonchev–Trinajstić information content (AvgIpc) is 2.10. The fourth-order valence-corrected chi connectivity index (χ4v) is 0.756. The summed E-state index contributed by atoms with van der Waals surface area (Å²) < 4.78 is 5.21. The molecule has 0 aromatic heterocycles. The second kappa shape index (κ2) is 8.01. The van der Waals surface area contributed by atoms with Gasteiger partial charge >= 0.3 is 0 Å². The Balaban J connectivity index is 3.11. The molecule has 4 nitrogen and oxygen atoms in total. The Labute approximate surface area is 79.6 Å². The third-order valence-corrected chi connectivity index (χ3v) is 1.70. The Morgan fingerprint density at radius 1 is 1.62 bits per heavy atom. The van der Waals surface area contributed by atoms with Crippen molar-refractivity contribution in [1.29, 1.82) is 0 Å². The topological polar surface area (TPSA) is 78.3 Å². The summed E-state index contributed by atoms with van der Waals surface area (Å²) in [5.74, 6) is -0.523. The number of carbonyl (C=O) groups is 1. The minimum atomic E-state index is -0.318. The molecule has 0 saturated carbocycles. The van der Waals surface area contributed by atoms with Crippen molar-refractivity contribution < 1.29 is 9.53 Å². The first-order valence-electron chi connectivity index (χ1n) is 4.57. The molecule has 4 N–H and O–H groups in total. The van der Waals surface area contributed by atoms with Gasteiger partial charge in [0.25, 0.3) is 0 Å². The molecule has 0 spiro atoms. The first-order valence-corrected chi connectivity index (χ1v) is 4.57. The SMILES string of the molecule is CC(COC[CH]CCCN)C(N)=O. The molecular weight excluding hydrogens is 168 g/mol. The molecule has 0 aliphatic carbocycles. The lowest BCUT2D eigenvalue weighted by molar-refractivity contribution is -0.122. The average molecular weight is 187 g/mol. The maximum Gasteiger partial charge on any atom is 0.222 e. The van der Waals surface area contributed by atoms with Crippen molar-refractivity contribution in [2.75, 3.05) is 19.8 Å². The Hall–Kier alpha value is -0.610. The number of hydrogen-bond acceptors (Lipinski definition) is 3. The number of primary amides is 1. The third kappa shape index (κ3) is 7.74. The highest BCUT2D eigenvalue weighted by atomic mass is 16.5. The molecule has 13 heavy (non-hydrogen) atoms.